The van der Waals surface area contributed by atoms with Gasteiger partial charge in [0.25, 0.3) is 0 Å². The second-order valence-corrected chi connectivity index (χ2v) is 18.8. The Labute approximate surface area is 394 Å². The number of carbonyl (C=O) groups is 3. The summed E-state index contributed by atoms with van der Waals surface area (Å²) < 4.78 is 17.3. The first kappa shape index (κ1) is 61.0. The highest BCUT2D eigenvalue weighted by atomic mass is 16.6. The Hall–Kier alpha value is -2.97. The maximum Gasteiger partial charge on any atom is 0.362 e. The van der Waals surface area contributed by atoms with Gasteiger partial charge in [-0.25, -0.2) is 4.79 Å². The standard InChI is InChI=1S/C56H99NO7/c1-6-8-10-12-14-16-18-20-22-24-26-27-29-31-33-35-37-39-41-43-45-47-55(59)64-52(50-62-49-48-53(56(60)61)57(3,4)5)51-63-54(58)46-44-42-40-38-36-34-32-30-28-25-23-21-19-17-15-13-11-9-7-2/h14,16,20,22,25-28,31,33,52-53H,6-13,15,17-19,21,23-24,29-30,32,34-51H2,1-5H3/p+1/b16-14+,22-20+,27-26+,28-25+,33-31+. The highest BCUT2D eigenvalue weighted by Crippen LogP contribution is 2.15. The molecule has 0 bridgehead atoms. The van der Waals surface area contributed by atoms with Crippen LogP contribution in [0.3, 0.4) is 0 Å². The molecule has 0 amide bonds. The molecule has 8 nitrogen and oxygen atoms in total. The molecular weight excluding hydrogens is 799 g/mol. The molecule has 1 N–H and O–H groups in total. The van der Waals surface area contributed by atoms with E-state index in [1.807, 2.05) is 21.1 Å². The number of rotatable bonds is 47. The van der Waals surface area contributed by atoms with E-state index in [4.69, 9.17) is 14.2 Å². The van der Waals surface area contributed by atoms with Gasteiger partial charge < -0.3 is 23.8 Å². The van der Waals surface area contributed by atoms with Gasteiger partial charge in [-0.15, -0.1) is 0 Å². The van der Waals surface area contributed by atoms with Crippen LogP contribution in [0.15, 0.2) is 60.8 Å². The summed E-state index contributed by atoms with van der Waals surface area (Å²) in [5.41, 5.74) is 0. The van der Waals surface area contributed by atoms with Gasteiger partial charge in [-0.1, -0.05) is 184 Å². The Bertz CT molecular complexity index is 1230. The van der Waals surface area contributed by atoms with E-state index in [1.165, 1.54) is 116 Å². The number of carboxylic acid groups (broad SMARTS) is 1. The number of ether oxygens (including phenoxy) is 3. The SMILES string of the molecule is CCCCC/C=C/C/C=C/C/C=C/C/C=C/CCCCCCCC(=O)OC(COCCC(C(=O)O)[N+](C)(C)C)COC(=O)CCCCCCCCC/C=C/CCCCCCCCCC. The average molecular weight is 899 g/mol. The number of quaternary nitrogens is 1. The van der Waals surface area contributed by atoms with Crippen LogP contribution >= 0.6 is 0 Å². The van der Waals surface area contributed by atoms with Crippen molar-refractivity contribution >= 4 is 17.9 Å². The molecule has 0 aliphatic rings. The highest BCUT2D eigenvalue weighted by Gasteiger charge is 2.31. The second-order valence-electron chi connectivity index (χ2n) is 18.8. The fraction of sp³-hybridized carbons (Fsp3) is 0.768. The number of hydrogen-bond donors (Lipinski definition) is 1. The summed E-state index contributed by atoms with van der Waals surface area (Å²) in [6.07, 6.45) is 58.4. The van der Waals surface area contributed by atoms with E-state index in [1.54, 1.807) is 0 Å². The molecule has 0 radical (unpaired) electrons. The molecule has 2 unspecified atom stereocenters. The van der Waals surface area contributed by atoms with Crippen molar-refractivity contribution in [1.29, 1.82) is 0 Å². The van der Waals surface area contributed by atoms with Crippen molar-refractivity contribution in [2.45, 2.75) is 238 Å². The summed E-state index contributed by atoms with van der Waals surface area (Å²) in [4.78, 5) is 37.2. The number of hydrogen-bond acceptors (Lipinski definition) is 6. The van der Waals surface area contributed by atoms with Gasteiger partial charge in [-0.2, -0.15) is 0 Å². The largest absolute Gasteiger partial charge is 0.477 e. The predicted molar refractivity (Wildman–Crippen MR) is 271 cm³/mol. The average Bonchev–Trinajstić information content (AvgIpc) is 3.26. The Kier molecular flexibility index (Phi) is 44.4. The first-order valence-electron chi connectivity index (χ1n) is 26.3. The van der Waals surface area contributed by atoms with E-state index in [-0.39, 0.29) is 36.2 Å². The fourth-order valence-electron chi connectivity index (χ4n) is 7.54. The molecular formula is C56H100NO7+. The summed E-state index contributed by atoms with van der Waals surface area (Å²) in [6, 6.07) is -0.622. The Morgan fingerprint density at radius 3 is 1.27 bits per heavy atom. The van der Waals surface area contributed by atoms with E-state index >= 15 is 0 Å². The van der Waals surface area contributed by atoms with Gasteiger partial charge in [0, 0.05) is 19.3 Å². The van der Waals surface area contributed by atoms with Crippen molar-refractivity contribution in [2.24, 2.45) is 0 Å². The lowest BCUT2D eigenvalue weighted by Gasteiger charge is -2.31. The summed E-state index contributed by atoms with van der Waals surface area (Å²) in [5, 5.41) is 9.66. The third kappa shape index (κ3) is 44.2. The number of allylic oxidation sites excluding steroid dienone is 10. The van der Waals surface area contributed by atoms with Gasteiger partial charge in [-0.3, -0.25) is 9.59 Å². The summed E-state index contributed by atoms with van der Waals surface area (Å²) in [7, 11) is 5.53. The minimum Gasteiger partial charge on any atom is -0.477 e. The van der Waals surface area contributed by atoms with Gasteiger partial charge in [0.2, 0.25) is 0 Å². The molecule has 0 saturated heterocycles. The molecule has 64 heavy (non-hydrogen) atoms. The van der Waals surface area contributed by atoms with E-state index in [2.05, 4.69) is 74.6 Å². The first-order chi connectivity index (χ1) is 31.1. The summed E-state index contributed by atoms with van der Waals surface area (Å²) in [6.45, 7) is 4.70. The highest BCUT2D eigenvalue weighted by molar-refractivity contribution is 5.72. The fourth-order valence-corrected chi connectivity index (χ4v) is 7.54. The normalized spacial score (nSPS) is 13.3. The number of carbonyl (C=O) groups excluding carboxylic acids is 2. The molecule has 0 rings (SSSR count). The van der Waals surface area contributed by atoms with Crippen molar-refractivity contribution < 1.29 is 38.2 Å². The van der Waals surface area contributed by atoms with Crippen LogP contribution < -0.4 is 0 Å². The molecule has 0 aromatic heterocycles. The molecule has 0 aromatic carbocycles. The molecule has 0 aliphatic carbocycles. The molecule has 8 heteroatoms. The molecule has 0 spiro atoms. The molecule has 0 aliphatic heterocycles. The second kappa shape index (κ2) is 46.6. The van der Waals surface area contributed by atoms with Gasteiger partial charge in [0.15, 0.2) is 12.1 Å². The first-order valence-corrected chi connectivity index (χ1v) is 26.3. The Morgan fingerprint density at radius 1 is 0.469 bits per heavy atom. The monoisotopic (exact) mass is 899 g/mol. The zero-order chi connectivity index (χ0) is 47.0. The van der Waals surface area contributed by atoms with Crippen LogP contribution in [-0.4, -0.2) is 80.6 Å². The van der Waals surface area contributed by atoms with E-state index in [0.29, 0.717) is 19.3 Å². The van der Waals surface area contributed by atoms with Crippen LogP contribution in [0, 0.1) is 0 Å². The van der Waals surface area contributed by atoms with Gasteiger partial charge in [0.05, 0.1) is 34.4 Å². The number of aliphatic carboxylic acids is 1. The van der Waals surface area contributed by atoms with E-state index in [0.717, 1.165) is 77.0 Å². The molecule has 2 atom stereocenters. The minimum atomic E-state index is -0.879. The summed E-state index contributed by atoms with van der Waals surface area (Å²) in [5.74, 6) is -1.49. The van der Waals surface area contributed by atoms with Crippen LogP contribution in [0.25, 0.3) is 0 Å². The van der Waals surface area contributed by atoms with Crippen LogP contribution in [0.2, 0.25) is 0 Å². The third-order valence-corrected chi connectivity index (χ3v) is 11.6. The maximum absolute atomic E-state index is 12.8. The van der Waals surface area contributed by atoms with E-state index in [9.17, 15) is 19.5 Å². The zero-order valence-corrected chi connectivity index (χ0v) is 42.2. The van der Waals surface area contributed by atoms with Crippen molar-refractivity contribution in [2.75, 3.05) is 41.0 Å². The maximum atomic E-state index is 12.8. The number of nitrogens with zero attached hydrogens (tertiary/aromatic N) is 1. The van der Waals surface area contributed by atoms with Crippen molar-refractivity contribution in [3.63, 3.8) is 0 Å². The Morgan fingerprint density at radius 2 is 0.828 bits per heavy atom. The summed E-state index contributed by atoms with van der Waals surface area (Å²) >= 11 is 0. The van der Waals surface area contributed by atoms with Crippen molar-refractivity contribution in [3.8, 4) is 0 Å². The van der Waals surface area contributed by atoms with Crippen LogP contribution in [-0.2, 0) is 28.6 Å². The molecule has 0 saturated carbocycles. The van der Waals surface area contributed by atoms with Gasteiger partial charge >= 0.3 is 17.9 Å². The van der Waals surface area contributed by atoms with Crippen molar-refractivity contribution in [1.82, 2.24) is 0 Å². The molecule has 370 valence electrons. The molecule has 0 fully saturated rings. The van der Waals surface area contributed by atoms with Crippen LogP contribution in [0.5, 0.6) is 0 Å². The predicted octanol–water partition coefficient (Wildman–Crippen LogP) is 15.3. The smallest absolute Gasteiger partial charge is 0.362 e. The minimum absolute atomic E-state index is 0.0506. The lowest BCUT2D eigenvalue weighted by Crippen LogP contribution is -2.50. The quantitative estimate of drug-likeness (QED) is 0.0281. The van der Waals surface area contributed by atoms with Crippen LogP contribution in [0.1, 0.15) is 226 Å². The third-order valence-electron chi connectivity index (χ3n) is 11.6. The van der Waals surface area contributed by atoms with Crippen LogP contribution in [0.4, 0.5) is 0 Å². The number of carboxylic acids is 1. The van der Waals surface area contributed by atoms with Gasteiger partial charge in [0.1, 0.15) is 6.61 Å². The lowest BCUT2D eigenvalue weighted by atomic mass is 10.1. The Balaban J connectivity index is 4.29. The van der Waals surface area contributed by atoms with E-state index < -0.39 is 18.1 Å². The number of unbranched alkanes of at least 4 members (excludes halogenated alkanes) is 23. The molecule has 0 heterocycles. The van der Waals surface area contributed by atoms with Crippen molar-refractivity contribution in [3.05, 3.63) is 60.8 Å². The van der Waals surface area contributed by atoms with Gasteiger partial charge in [-0.05, 0) is 83.5 Å². The molecule has 0 aromatic rings. The topological polar surface area (TPSA) is 99.1 Å². The zero-order valence-electron chi connectivity index (χ0n) is 42.2. The number of likely N-dealkylation sites (N-methyl/N-ethyl adjacent to an activating group) is 1. The number of esters is 2. The lowest BCUT2D eigenvalue weighted by molar-refractivity contribution is -0.887.